The van der Waals surface area contributed by atoms with Gasteiger partial charge in [-0.1, -0.05) is 24.8 Å². The Morgan fingerprint density at radius 1 is 1.50 bits per heavy atom. The maximum atomic E-state index is 4.13. The summed E-state index contributed by atoms with van der Waals surface area (Å²) in [5.74, 6) is 0. The lowest BCUT2D eigenvalue weighted by molar-refractivity contribution is 1.29. The Kier molecular flexibility index (Phi) is 3.08. The molecule has 0 unspecified atom stereocenters. The van der Waals surface area contributed by atoms with E-state index < -0.39 is 0 Å². The summed E-state index contributed by atoms with van der Waals surface area (Å²) < 4.78 is 0. The summed E-state index contributed by atoms with van der Waals surface area (Å²) in [6, 6.07) is 0. The van der Waals surface area contributed by atoms with Crippen molar-refractivity contribution in [2.75, 3.05) is 0 Å². The molecule has 62 valence electrons. The summed E-state index contributed by atoms with van der Waals surface area (Å²) in [7, 11) is 0. The molecule has 0 spiro atoms. The smallest absolute Gasteiger partial charge is 0.0931 e. The van der Waals surface area contributed by atoms with Crippen LogP contribution >= 0.6 is 0 Å². The topological polar surface area (TPSA) is 28.7 Å². The number of hydrogen-bond acceptors (Lipinski definition) is 1. The van der Waals surface area contributed by atoms with Crippen LogP contribution < -0.4 is 10.7 Å². The van der Waals surface area contributed by atoms with Crippen molar-refractivity contribution in [1.29, 1.82) is 0 Å². The van der Waals surface area contributed by atoms with Crippen molar-refractivity contribution in [2.45, 2.75) is 6.92 Å². The van der Waals surface area contributed by atoms with Gasteiger partial charge in [-0.2, -0.15) is 0 Å². The predicted octanol–water partition coefficient (Wildman–Crippen LogP) is 0.733. The number of rotatable bonds is 2. The van der Waals surface area contributed by atoms with Gasteiger partial charge in [0.25, 0.3) is 0 Å². The maximum absolute atomic E-state index is 4.13. The summed E-state index contributed by atoms with van der Waals surface area (Å²) >= 11 is 0. The van der Waals surface area contributed by atoms with E-state index in [4.69, 9.17) is 0 Å². The van der Waals surface area contributed by atoms with E-state index in [0.29, 0.717) is 0 Å². The normalized spacial score (nSPS) is 14.4. The fourth-order valence-electron chi connectivity index (χ4n) is 0.886. The van der Waals surface area contributed by atoms with Gasteiger partial charge in [-0.25, -0.2) is 4.98 Å². The zero-order valence-electron chi connectivity index (χ0n) is 7.12. The minimum atomic E-state index is 0.938. The molecule has 0 aliphatic rings. The van der Waals surface area contributed by atoms with Gasteiger partial charge in [0, 0.05) is 0 Å². The lowest BCUT2D eigenvalue weighted by Crippen LogP contribution is -2.23. The third kappa shape index (κ3) is 1.95. The third-order valence-corrected chi connectivity index (χ3v) is 1.43. The van der Waals surface area contributed by atoms with Gasteiger partial charge in [0.2, 0.25) is 0 Å². The van der Waals surface area contributed by atoms with Crippen LogP contribution in [0.5, 0.6) is 0 Å². The number of hydrogen-bond donors (Lipinski definition) is 1. The molecule has 2 nitrogen and oxygen atoms in total. The molecule has 12 heavy (non-hydrogen) atoms. The molecule has 0 bridgehead atoms. The first-order valence-corrected chi connectivity index (χ1v) is 3.83. The van der Waals surface area contributed by atoms with E-state index in [-0.39, 0.29) is 0 Å². The highest BCUT2D eigenvalue weighted by molar-refractivity contribution is 5.38. The summed E-state index contributed by atoms with van der Waals surface area (Å²) in [5.41, 5.74) is 0. The van der Waals surface area contributed by atoms with Crippen molar-refractivity contribution in [2.24, 2.45) is 0 Å². The first-order chi connectivity index (χ1) is 5.88. The minimum absolute atomic E-state index is 0.938. The molecule has 1 rings (SSSR count). The van der Waals surface area contributed by atoms with Crippen LogP contribution in [0, 0.1) is 0 Å². The Morgan fingerprint density at radius 2 is 2.33 bits per heavy atom. The number of H-pyrrole nitrogens is 1. The van der Waals surface area contributed by atoms with E-state index in [9.17, 15) is 0 Å². The zero-order valence-corrected chi connectivity index (χ0v) is 7.12. The molecule has 1 heterocycles. The Labute approximate surface area is 71.7 Å². The molecule has 0 aliphatic carbocycles. The highest BCUT2D eigenvalue weighted by Crippen LogP contribution is 1.69. The summed E-state index contributed by atoms with van der Waals surface area (Å²) in [6.45, 7) is 5.59. The van der Waals surface area contributed by atoms with Crippen molar-refractivity contribution >= 4 is 12.2 Å². The van der Waals surface area contributed by atoms with E-state index in [1.165, 1.54) is 0 Å². The van der Waals surface area contributed by atoms with Crippen LogP contribution in [0.4, 0.5) is 0 Å². The second-order valence-corrected chi connectivity index (χ2v) is 2.30. The van der Waals surface area contributed by atoms with Crippen molar-refractivity contribution in [3.63, 3.8) is 0 Å². The van der Waals surface area contributed by atoms with E-state index in [2.05, 4.69) is 16.5 Å². The number of imidazole rings is 1. The van der Waals surface area contributed by atoms with Crippen LogP contribution in [-0.4, -0.2) is 9.97 Å². The van der Waals surface area contributed by atoms with Gasteiger partial charge in [0.1, 0.15) is 0 Å². The average Bonchev–Trinajstić information content (AvgIpc) is 2.50. The van der Waals surface area contributed by atoms with Crippen LogP contribution in [0.2, 0.25) is 0 Å². The van der Waals surface area contributed by atoms with Crippen LogP contribution in [-0.2, 0) is 0 Å². The SMILES string of the molecule is C=C/C=c1/[nH]cn/c1=C/C=C\C. The molecule has 0 radical (unpaired) electrons. The quantitative estimate of drug-likeness (QED) is 0.679. The van der Waals surface area contributed by atoms with Gasteiger partial charge in [-0.15, -0.1) is 0 Å². The molecule has 1 N–H and O–H groups in total. The maximum Gasteiger partial charge on any atom is 0.0931 e. The van der Waals surface area contributed by atoms with Crippen molar-refractivity contribution < 1.29 is 0 Å². The van der Waals surface area contributed by atoms with E-state index >= 15 is 0 Å². The van der Waals surface area contributed by atoms with Gasteiger partial charge < -0.3 is 4.98 Å². The number of nitrogens with zero attached hydrogens (tertiary/aromatic N) is 1. The van der Waals surface area contributed by atoms with Crippen LogP contribution in [0.25, 0.3) is 12.2 Å². The van der Waals surface area contributed by atoms with E-state index in [0.717, 1.165) is 10.7 Å². The number of aromatic nitrogens is 2. The fourth-order valence-corrected chi connectivity index (χ4v) is 0.886. The Morgan fingerprint density at radius 3 is 3.00 bits per heavy atom. The van der Waals surface area contributed by atoms with Crippen molar-refractivity contribution in [3.05, 3.63) is 41.8 Å². The molecule has 1 aromatic rings. The van der Waals surface area contributed by atoms with Crippen LogP contribution in [0.15, 0.2) is 31.1 Å². The third-order valence-electron chi connectivity index (χ3n) is 1.43. The number of allylic oxidation sites excluding steroid dienone is 3. The predicted molar refractivity (Wildman–Crippen MR) is 51.8 cm³/mol. The summed E-state index contributed by atoms with van der Waals surface area (Å²) in [5, 5.41) is 1.93. The summed E-state index contributed by atoms with van der Waals surface area (Å²) in [6.07, 6.45) is 11.2. The van der Waals surface area contributed by atoms with Crippen molar-refractivity contribution in [1.82, 2.24) is 9.97 Å². The van der Waals surface area contributed by atoms with Crippen LogP contribution in [0.1, 0.15) is 6.92 Å². The summed E-state index contributed by atoms with van der Waals surface area (Å²) in [4.78, 5) is 7.14. The molecule has 0 aliphatic heterocycles. The van der Waals surface area contributed by atoms with Crippen molar-refractivity contribution in [3.8, 4) is 0 Å². The highest BCUT2D eigenvalue weighted by atomic mass is 14.8. The van der Waals surface area contributed by atoms with Gasteiger partial charge >= 0.3 is 0 Å². The molecule has 0 aromatic carbocycles. The van der Waals surface area contributed by atoms with Gasteiger partial charge in [0.05, 0.1) is 17.0 Å². The fraction of sp³-hybridized carbons (Fsp3) is 0.100. The largest absolute Gasteiger partial charge is 0.345 e. The molecule has 2 heteroatoms. The lowest BCUT2D eigenvalue weighted by Gasteiger charge is -1.74. The van der Waals surface area contributed by atoms with E-state index in [1.807, 2.05) is 31.2 Å². The monoisotopic (exact) mass is 160 g/mol. The molecule has 0 saturated carbocycles. The number of aromatic amines is 1. The molecule has 0 atom stereocenters. The highest BCUT2D eigenvalue weighted by Gasteiger charge is 1.82. The Balaban J connectivity index is 3.24. The molecule has 1 aromatic heterocycles. The van der Waals surface area contributed by atoms with Crippen LogP contribution in [0.3, 0.4) is 0 Å². The minimum Gasteiger partial charge on any atom is -0.345 e. The Hall–Kier alpha value is -1.57. The zero-order chi connectivity index (χ0) is 8.81. The standard InChI is InChI=1S/C10H12N2/c1-3-5-7-10-9(6-4-2)11-8-12-10/h3-8H,2H2,1H3,(H,11,12)/b5-3-,9-6+,10-7+. The molecule has 0 saturated heterocycles. The molecular weight excluding hydrogens is 148 g/mol. The van der Waals surface area contributed by atoms with Gasteiger partial charge in [-0.05, 0) is 19.1 Å². The lowest BCUT2D eigenvalue weighted by atomic mass is 10.4. The molecule has 0 amide bonds. The second-order valence-electron chi connectivity index (χ2n) is 2.30. The average molecular weight is 160 g/mol. The Bertz CT molecular complexity index is 382. The first kappa shape index (κ1) is 8.53. The first-order valence-electron chi connectivity index (χ1n) is 3.83. The van der Waals surface area contributed by atoms with E-state index in [1.54, 1.807) is 12.4 Å². The van der Waals surface area contributed by atoms with Gasteiger partial charge in [-0.3, -0.25) is 0 Å². The molecule has 0 fully saturated rings. The second kappa shape index (κ2) is 4.34. The van der Waals surface area contributed by atoms with Gasteiger partial charge in [0.15, 0.2) is 0 Å². The molecular formula is C10H12N2. The number of nitrogens with one attached hydrogen (secondary N) is 1.